The second kappa shape index (κ2) is 7.00. The number of aromatic nitrogens is 2. The minimum atomic E-state index is 0.947. The van der Waals surface area contributed by atoms with Crippen LogP contribution in [-0.4, -0.2) is 43.3 Å². The molecule has 1 saturated heterocycles. The van der Waals surface area contributed by atoms with Gasteiger partial charge in [-0.25, -0.2) is 9.97 Å². The topological polar surface area (TPSA) is 41.5 Å². The van der Waals surface area contributed by atoms with E-state index < -0.39 is 0 Å². The van der Waals surface area contributed by atoms with Gasteiger partial charge in [0.25, 0.3) is 0 Å². The van der Waals surface area contributed by atoms with Gasteiger partial charge in [0.15, 0.2) is 0 Å². The van der Waals surface area contributed by atoms with E-state index in [4.69, 9.17) is 9.72 Å². The van der Waals surface area contributed by atoms with E-state index >= 15 is 0 Å². The van der Waals surface area contributed by atoms with Crippen molar-refractivity contribution in [3.05, 3.63) is 41.0 Å². The van der Waals surface area contributed by atoms with Crippen LogP contribution in [0.1, 0.15) is 23.3 Å². The molecule has 1 aliphatic carbocycles. The fourth-order valence-corrected chi connectivity index (χ4v) is 5.59. The molecule has 2 aliphatic rings. The summed E-state index contributed by atoms with van der Waals surface area (Å²) >= 11 is 1.88. The van der Waals surface area contributed by atoms with Crippen molar-refractivity contribution >= 4 is 33.1 Å². The molecule has 1 aliphatic heterocycles. The largest absolute Gasteiger partial charge is 0.495 e. The first-order valence-corrected chi connectivity index (χ1v) is 10.5. The van der Waals surface area contributed by atoms with Crippen molar-refractivity contribution < 1.29 is 4.74 Å². The Hall–Kier alpha value is -2.34. The lowest BCUT2D eigenvalue weighted by molar-refractivity contribution is 0.413. The van der Waals surface area contributed by atoms with Crippen molar-refractivity contribution in [3.63, 3.8) is 0 Å². The lowest BCUT2D eigenvalue weighted by atomic mass is 9.97. The summed E-state index contributed by atoms with van der Waals surface area (Å²) in [5.74, 6) is 2.08. The fraction of sp³-hybridized carbons (Fsp3) is 0.429. The van der Waals surface area contributed by atoms with E-state index in [2.05, 4.69) is 26.9 Å². The first-order chi connectivity index (χ1) is 13.3. The highest BCUT2D eigenvalue weighted by molar-refractivity contribution is 7.19. The summed E-state index contributed by atoms with van der Waals surface area (Å²) in [5, 5.41) is 1.32. The molecule has 0 N–H and O–H groups in total. The van der Waals surface area contributed by atoms with Crippen molar-refractivity contribution in [2.45, 2.75) is 25.7 Å². The highest BCUT2D eigenvalue weighted by Gasteiger charge is 2.25. The van der Waals surface area contributed by atoms with E-state index in [1.54, 1.807) is 13.4 Å². The SMILES string of the molecule is COc1ccccc1N1CCN(c2ncnc3sc4c(c23)CCCC4)CC1. The summed E-state index contributed by atoms with van der Waals surface area (Å²) in [6, 6.07) is 8.28. The van der Waals surface area contributed by atoms with Crippen LogP contribution < -0.4 is 14.5 Å². The van der Waals surface area contributed by atoms with Crippen molar-refractivity contribution in [1.29, 1.82) is 0 Å². The molecule has 0 atom stereocenters. The number of piperazine rings is 1. The minimum absolute atomic E-state index is 0.947. The minimum Gasteiger partial charge on any atom is -0.495 e. The van der Waals surface area contributed by atoms with Crippen LogP contribution in [0.25, 0.3) is 10.2 Å². The molecule has 5 rings (SSSR count). The number of fused-ring (bicyclic) bond motifs is 3. The number of benzene rings is 1. The standard InChI is InChI=1S/C21H24N4OS/c1-26-17-8-4-3-7-16(17)24-10-12-25(13-11-24)20-19-15-6-2-5-9-18(15)27-21(19)23-14-22-20/h3-4,7-8,14H,2,5-6,9-13H2,1H3. The number of hydrogen-bond donors (Lipinski definition) is 0. The maximum Gasteiger partial charge on any atom is 0.142 e. The number of hydrogen-bond acceptors (Lipinski definition) is 6. The van der Waals surface area contributed by atoms with E-state index in [1.165, 1.54) is 52.0 Å². The first kappa shape index (κ1) is 16.8. The molecule has 0 saturated carbocycles. The Morgan fingerprint density at radius 3 is 2.59 bits per heavy atom. The van der Waals surface area contributed by atoms with Crippen molar-refractivity contribution in [1.82, 2.24) is 9.97 Å². The van der Waals surface area contributed by atoms with Crippen LogP contribution in [0.4, 0.5) is 11.5 Å². The lowest BCUT2D eigenvalue weighted by Crippen LogP contribution is -2.47. The zero-order chi connectivity index (χ0) is 18.2. The number of thiophene rings is 1. The normalized spacial score (nSPS) is 17.2. The number of rotatable bonds is 3. The Bertz CT molecular complexity index is 962. The van der Waals surface area contributed by atoms with Gasteiger partial charge in [0, 0.05) is 31.1 Å². The summed E-state index contributed by atoms with van der Waals surface area (Å²) < 4.78 is 5.54. The van der Waals surface area contributed by atoms with Crippen LogP contribution in [0.2, 0.25) is 0 Å². The predicted octanol–water partition coefficient (Wildman–Crippen LogP) is 3.91. The average molecular weight is 381 g/mol. The van der Waals surface area contributed by atoms with Crippen LogP contribution >= 0.6 is 11.3 Å². The van der Waals surface area contributed by atoms with Gasteiger partial charge in [-0.2, -0.15) is 0 Å². The average Bonchev–Trinajstić information content (AvgIpc) is 3.12. The van der Waals surface area contributed by atoms with Crippen LogP contribution in [0.5, 0.6) is 5.75 Å². The number of methoxy groups -OCH3 is 1. The van der Waals surface area contributed by atoms with Gasteiger partial charge in [-0.3, -0.25) is 0 Å². The number of ether oxygens (including phenoxy) is 1. The molecule has 140 valence electrons. The molecule has 6 heteroatoms. The molecule has 5 nitrogen and oxygen atoms in total. The molecule has 0 unspecified atom stereocenters. The Balaban J connectivity index is 1.42. The van der Waals surface area contributed by atoms with Gasteiger partial charge in [-0.15, -0.1) is 11.3 Å². The Kier molecular flexibility index (Phi) is 4.36. The van der Waals surface area contributed by atoms with E-state index in [-0.39, 0.29) is 0 Å². The zero-order valence-corrected chi connectivity index (χ0v) is 16.5. The summed E-state index contributed by atoms with van der Waals surface area (Å²) in [7, 11) is 1.74. The molecular weight excluding hydrogens is 356 g/mol. The quantitative estimate of drug-likeness (QED) is 0.689. The molecule has 0 bridgehead atoms. The van der Waals surface area contributed by atoms with E-state index in [9.17, 15) is 0 Å². The summed E-state index contributed by atoms with van der Waals surface area (Å²) in [5.41, 5.74) is 2.70. The Labute approximate surface area is 163 Å². The molecule has 3 heterocycles. The van der Waals surface area contributed by atoms with Gasteiger partial charge in [0.05, 0.1) is 18.2 Å². The zero-order valence-electron chi connectivity index (χ0n) is 15.6. The molecule has 0 spiro atoms. The molecular formula is C21H24N4OS. The van der Waals surface area contributed by atoms with Gasteiger partial charge in [-0.1, -0.05) is 12.1 Å². The summed E-state index contributed by atoms with van der Waals surface area (Å²) in [6.45, 7) is 3.87. The van der Waals surface area contributed by atoms with Crippen LogP contribution in [-0.2, 0) is 12.8 Å². The first-order valence-electron chi connectivity index (χ1n) is 9.73. The van der Waals surface area contributed by atoms with Crippen molar-refractivity contribution in [2.24, 2.45) is 0 Å². The summed E-state index contributed by atoms with van der Waals surface area (Å²) in [6.07, 6.45) is 6.72. The second-order valence-corrected chi connectivity index (χ2v) is 8.32. The summed E-state index contributed by atoms with van der Waals surface area (Å²) in [4.78, 5) is 16.9. The molecule has 1 aromatic carbocycles. The van der Waals surface area contributed by atoms with E-state index in [0.29, 0.717) is 0 Å². The number of para-hydroxylation sites is 2. The van der Waals surface area contributed by atoms with Crippen LogP contribution in [0.15, 0.2) is 30.6 Å². The molecule has 2 aromatic heterocycles. The molecule has 3 aromatic rings. The monoisotopic (exact) mass is 380 g/mol. The third kappa shape index (κ3) is 2.92. The van der Waals surface area contributed by atoms with Gasteiger partial charge in [0.1, 0.15) is 22.7 Å². The van der Waals surface area contributed by atoms with Crippen molar-refractivity contribution in [2.75, 3.05) is 43.1 Å². The number of anilines is 2. The lowest BCUT2D eigenvalue weighted by Gasteiger charge is -2.37. The van der Waals surface area contributed by atoms with Crippen LogP contribution in [0, 0.1) is 0 Å². The van der Waals surface area contributed by atoms with Gasteiger partial charge in [-0.05, 0) is 43.4 Å². The Morgan fingerprint density at radius 2 is 1.74 bits per heavy atom. The molecule has 1 fully saturated rings. The molecule has 0 radical (unpaired) electrons. The van der Waals surface area contributed by atoms with E-state index in [0.717, 1.165) is 37.7 Å². The van der Waals surface area contributed by atoms with Gasteiger partial charge in [0.2, 0.25) is 0 Å². The predicted molar refractivity (Wildman–Crippen MR) is 111 cm³/mol. The third-order valence-electron chi connectivity index (χ3n) is 5.74. The number of nitrogens with zero attached hydrogens (tertiary/aromatic N) is 4. The smallest absolute Gasteiger partial charge is 0.142 e. The fourth-order valence-electron chi connectivity index (χ4n) is 4.36. The Morgan fingerprint density at radius 1 is 0.963 bits per heavy atom. The molecule has 0 amide bonds. The highest BCUT2D eigenvalue weighted by Crippen LogP contribution is 2.39. The van der Waals surface area contributed by atoms with E-state index in [1.807, 2.05) is 23.5 Å². The highest BCUT2D eigenvalue weighted by atomic mass is 32.1. The maximum atomic E-state index is 5.54. The second-order valence-electron chi connectivity index (χ2n) is 7.23. The number of aryl methyl sites for hydroxylation is 2. The maximum absolute atomic E-state index is 5.54. The third-order valence-corrected chi connectivity index (χ3v) is 6.94. The van der Waals surface area contributed by atoms with Crippen molar-refractivity contribution in [3.8, 4) is 5.75 Å². The van der Waals surface area contributed by atoms with Gasteiger partial charge < -0.3 is 14.5 Å². The molecule has 27 heavy (non-hydrogen) atoms. The van der Waals surface area contributed by atoms with Gasteiger partial charge >= 0.3 is 0 Å². The van der Waals surface area contributed by atoms with Crippen LogP contribution in [0.3, 0.4) is 0 Å².